The molecule has 0 spiro atoms. The molecule has 7 heteroatoms. The molecule has 1 N–H and O–H groups in total. The Balaban J connectivity index is 1.67. The Hall–Kier alpha value is -2.67. The minimum absolute atomic E-state index is 0.0637. The summed E-state index contributed by atoms with van der Waals surface area (Å²) in [4.78, 5) is 13.0. The Morgan fingerprint density at radius 2 is 1.82 bits per heavy atom. The van der Waals surface area contributed by atoms with Gasteiger partial charge in [0.2, 0.25) is 0 Å². The minimum Gasteiger partial charge on any atom is -0.297 e. The van der Waals surface area contributed by atoms with Gasteiger partial charge in [-0.1, -0.05) is 60.3 Å². The number of benzene rings is 2. The molecular formula is C21H13F4NOS. The van der Waals surface area contributed by atoms with Gasteiger partial charge in [-0.05, 0) is 28.8 Å². The van der Waals surface area contributed by atoms with Crippen LogP contribution in [-0.4, -0.2) is 10.8 Å². The molecule has 1 saturated heterocycles. The molecule has 142 valence electrons. The van der Waals surface area contributed by atoms with Crippen LogP contribution in [0.1, 0.15) is 34.1 Å². The number of Topliss-reactive ketones (excluding diaryl/α,β-unsaturated/α-hetero) is 1. The van der Waals surface area contributed by atoms with Gasteiger partial charge in [0.1, 0.15) is 5.83 Å². The van der Waals surface area contributed by atoms with Crippen LogP contribution in [0.15, 0.2) is 65.3 Å². The van der Waals surface area contributed by atoms with E-state index in [1.54, 1.807) is 24.3 Å². The largest absolute Gasteiger partial charge is 0.416 e. The molecule has 2 unspecified atom stereocenters. The maximum atomic E-state index is 14.4. The lowest BCUT2D eigenvalue weighted by atomic mass is 9.92. The second kappa shape index (κ2) is 6.74. The summed E-state index contributed by atoms with van der Waals surface area (Å²) < 4.78 is 53.3. The van der Waals surface area contributed by atoms with Gasteiger partial charge in [0.25, 0.3) is 0 Å². The van der Waals surface area contributed by atoms with Crippen LogP contribution in [0.2, 0.25) is 0 Å². The van der Waals surface area contributed by atoms with E-state index in [4.69, 9.17) is 5.41 Å². The molecule has 2 aromatic rings. The zero-order chi connectivity index (χ0) is 20.1. The van der Waals surface area contributed by atoms with Crippen molar-refractivity contribution in [3.8, 4) is 0 Å². The third kappa shape index (κ3) is 3.20. The number of hydrogen-bond donors (Lipinski definition) is 1. The van der Waals surface area contributed by atoms with Gasteiger partial charge in [0, 0.05) is 0 Å². The zero-order valence-corrected chi connectivity index (χ0v) is 15.1. The summed E-state index contributed by atoms with van der Waals surface area (Å²) in [5, 5.41) is 8.05. The molecule has 0 amide bonds. The van der Waals surface area contributed by atoms with Crippen LogP contribution in [-0.2, 0) is 11.0 Å². The fourth-order valence-corrected chi connectivity index (χ4v) is 4.46. The maximum absolute atomic E-state index is 14.4. The van der Waals surface area contributed by atoms with E-state index < -0.39 is 35.2 Å². The van der Waals surface area contributed by atoms with Crippen LogP contribution in [0.25, 0.3) is 6.08 Å². The van der Waals surface area contributed by atoms with E-state index in [0.29, 0.717) is 0 Å². The molecule has 4 rings (SSSR count). The number of fused-ring (bicyclic) bond motifs is 1. The lowest BCUT2D eigenvalue weighted by Crippen LogP contribution is -2.14. The highest BCUT2D eigenvalue weighted by atomic mass is 32.2. The van der Waals surface area contributed by atoms with E-state index in [1.807, 2.05) is 0 Å². The first kappa shape index (κ1) is 18.7. The van der Waals surface area contributed by atoms with Crippen molar-refractivity contribution >= 4 is 28.7 Å². The lowest BCUT2D eigenvalue weighted by Gasteiger charge is -2.12. The molecule has 0 bridgehead atoms. The van der Waals surface area contributed by atoms with E-state index in [1.165, 1.54) is 24.3 Å². The van der Waals surface area contributed by atoms with Crippen molar-refractivity contribution in [1.29, 1.82) is 5.41 Å². The molecule has 0 saturated carbocycles. The van der Waals surface area contributed by atoms with Gasteiger partial charge >= 0.3 is 6.18 Å². The monoisotopic (exact) mass is 403 g/mol. The van der Waals surface area contributed by atoms with Gasteiger partial charge in [-0.3, -0.25) is 10.2 Å². The fourth-order valence-electron chi connectivity index (χ4n) is 3.44. The quantitative estimate of drug-likeness (QED) is 0.488. The van der Waals surface area contributed by atoms with Crippen LogP contribution in [0.5, 0.6) is 0 Å². The summed E-state index contributed by atoms with van der Waals surface area (Å²) in [6.45, 7) is 0. The molecule has 1 aliphatic heterocycles. The first-order chi connectivity index (χ1) is 13.3. The molecule has 2 atom stereocenters. The van der Waals surface area contributed by atoms with Crippen molar-refractivity contribution < 1.29 is 22.4 Å². The van der Waals surface area contributed by atoms with E-state index in [9.17, 15) is 22.4 Å². The van der Waals surface area contributed by atoms with Crippen LogP contribution < -0.4 is 0 Å². The van der Waals surface area contributed by atoms with E-state index in [-0.39, 0.29) is 15.5 Å². The summed E-state index contributed by atoms with van der Waals surface area (Å²) in [7, 11) is 0. The molecule has 2 nitrogen and oxygen atoms in total. The number of carbonyl (C=O) groups is 1. The van der Waals surface area contributed by atoms with Crippen molar-refractivity contribution in [3.05, 3.63) is 87.6 Å². The summed E-state index contributed by atoms with van der Waals surface area (Å²) in [6, 6.07) is 11.5. The molecule has 28 heavy (non-hydrogen) atoms. The number of alkyl halides is 3. The third-order valence-electron chi connectivity index (χ3n) is 4.77. The Kier molecular flexibility index (Phi) is 4.50. The van der Waals surface area contributed by atoms with Crippen molar-refractivity contribution in [2.24, 2.45) is 0 Å². The van der Waals surface area contributed by atoms with Crippen molar-refractivity contribution in [2.75, 3.05) is 0 Å². The number of halogens is 4. The van der Waals surface area contributed by atoms with Crippen LogP contribution in [0, 0.1) is 5.41 Å². The van der Waals surface area contributed by atoms with Gasteiger partial charge in [-0.25, -0.2) is 4.39 Å². The fraction of sp³-hybridized carbons (Fsp3) is 0.143. The zero-order valence-electron chi connectivity index (χ0n) is 14.3. The summed E-state index contributed by atoms with van der Waals surface area (Å²) in [5.74, 6) is -2.71. The first-order valence-electron chi connectivity index (χ1n) is 8.41. The van der Waals surface area contributed by atoms with Gasteiger partial charge in [0.15, 0.2) is 5.78 Å². The molecule has 2 aromatic carbocycles. The van der Waals surface area contributed by atoms with Gasteiger partial charge < -0.3 is 0 Å². The van der Waals surface area contributed by atoms with Crippen LogP contribution in [0.3, 0.4) is 0 Å². The predicted octanol–water partition coefficient (Wildman–Crippen LogP) is 6.07. The van der Waals surface area contributed by atoms with Gasteiger partial charge in [0.05, 0.1) is 27.3 Å². The van der Waals surface area contributed by atoms with E-state index in [2.05, 4.69) is 0 Å². The molecule has 0 aromatic heterocycles. The average molecular weight is 403 g/mol. The Morgan fingerprint density at radius 1 is 1.07 bits per heavy atom. The Labute approximate surface area is 162 Å². The topological polar surface area (TPSA) is 40.9 Å². The van der Waals surface area contributed by atoms with Crippen molar-refractivity contribution in [2.45, 2.75) is 18.0 Å². The number of thioether (sulfide) groups is 1. The lowest BCUT2D eigenvalue weighted by molar-refractivity contribution is -0.137. The summed E-state index contributed by atoms with van der Waals surface area (Å²) >= 11 is 0.873. The molecule has 2 aliphatic rings. The van der Waals surface area contributed by atoms with E-state index >= 15 is 0 Å². The number of carbonyl (C=O) groups excluding carboxylic acids is 1. The second-order valence-corrected chi connectivity index (χ2v) is 7.64. The predicted molar refractivity (Wildman–Crippen MR) is 101 cm³/mol. The third-order valence-corrected chi connectivity index (χ3v) is 5.79. The molecule has 1 heterocycles. The number of hydrogen-bond acceptors (Lipinski definition) is 3. The molecular weight excluding hydrogens is 390 g/mol. The molecule has 1 fully saturated rings. The Morgan fingerprint density at radius 3 is 2.57 bits per heavy atom. The number of rotatable bonds is 2. The number of allylic oxidation sites excluding steroid dienone is 3. The number of ketones is 1. The SMILES string of the molecule is N=C1SC(=CC2C(F)=Cc3ccccc32)C(=O)C1c1cccc(C(F)(F)F)c1. The first-order valence-corrected chi connectivity index (χ1v) is 9.23. The van der Waals surface area contributed by atoms with Gasteiger partial charge in [-0.2, -0.15) is 13.2 Å². The smallest absolute Gasteiger partial charge is 0.297 e. The van der Waals surface area contributed by atoms with Crippen LogP contribution in [0.4, 0.5) is 17.6 Å². The van der Waals surface area contributed by atoms with Crippen LogP contribution >= 0.6 is 11.8 Å². The Bertz CT molecular complexity index is 1050. The highest BCUT2D eigenvalue weighted by Crippen LogP contribution is 2.45. The molecule has 0 radical (unpaired) electrons. The summed E-state index contributed by atoms with van der Waals surface area (Å²) in [6.07, 6.45) is -1.67. The second-order valence-electron chi connectivity index (χ2n) is 6.55. The summed E-state index contributed by atoms with van der Waals surface area (Å²) in [5.41, 5.74) is 0.687. The maximum Gasteiger partial charge on any atom is 0.416 e. The minimum atomic E-state index is -4.53. The highest BCUT2D eigenvalue weighted by molar-refractivity contribution is 8.18. The number of nitrogens with one attached hydrogen (secondary N) is 1. The molecule has 1 aliphatic carbocycles. The van der Waals surface area contributed by atoms with Gasteiger partial charge in [-0.15, -0.1) is 0 Å². The average Bonchev–Trinajstić information content (AvgIpc) is 3.11. The van der Waals surface area contributed by atoms with Crippen molar-refractivity contribution in [3.63, 3.8) is 0 Å². The normalized spacial score (nSPS) is 23.3. The van der Waals surface area contributed by atoms with Crippen molar-refractivity contribution in [1.82, 2.24) is 0 Å². The standard InChI is InChI=1S/C21H13F4NOS/c22-16-9-11-4-1-2-7-14(11)15(16)10-17-19(27)18(20(26)28-17)12-5-3-6-13(8-12)21(23,24)25/h1-10,15,18,26H. The van der Waals surface area contributed by atoms with E-state index in [0.717, 1.165) is 35.0 Å². The highest BCUT2D eigenvalue weighted by Gasteiger charge is 2.39.